The molecule has 0 N–H and O–H groups in total. The van der Waals surface area contributed by atoms with Crippen molar-refractivity contribution in [3.05, 3.63) is 162 Å². The van der Waals surface area contributed by atoms with E-state index >= 15 is 0 Å². The van der Waals surface area contributed by atoms with E-state index in [1.807, 2.05) is 24.3 Å². The zero-order chi connectivity index (χ0) is 32.1. The zero-order valence-corrected chi connectivity index (χ0v) is 32.0. The van der Waals surface area contributed by atoms with E-state index in [4.69, 9.17) is 0 Å². The van der Waals surface area contributed by atoms with Crippen LogP contribution in [-0.2, 0) is 32.1 Å². The molecular formula is C43H38Cl2F2Zr. The van der Waals surface area contributed by atoms with Crippen molar-refractivity contribution in [1.82, 2.24) is 0 Å². The minimum Gasteiger partial charge on any atom is -1.00 e. The fourth-order valence-corrected chi connectivity index (χ4v) is 17.9. The van der Waals surface area contributed by atoms with E-state index in [1.165, 1.54) is 56.6 Å². The van der Waals surface area contributed by atoms with Crippen LogP contribution in [0.25, 0.3) is 23.3 Å². The van der Waals surface area contributed by atoms with Gasteiger partial charge in [-0.2, -0.15) is 0 Å². The number of hydrogen-bond acceptors (Lipinski definition) is 0. The molecule has 0 aromatic heterocycles. The Hall–Kier alpha value is -2.97. The van der Waals surface area contributed by atoms with Crippen molar-refractivity contribution in [2.24, 2.45) is 5.92 Å². The number of hydrogen-bond donors (Lipinski definition) is 0. The van der Waals surface area contributed by atoms with Crippen LogP contribution in [0.1, 0.15) is 89.7 Å². The van der Waals surface area contributed by atoms with Gasteiger partial charge in [0.05, 0.1) is 0 Å². The van der Waals surface area contributed by atoms with Gasteiger partial charge in [0, 0.05) is 0 Å². The first kappa shape index (κ1) is 34.9. The first-order valence-corrected chi connectivity index (χ1v) is 20.2. The molecular weight excluding hydrogens is 717 g/mol. The van der Waals surface area contributed by atoms with Crippen molar-refractivity contribution < 1.29 is 54.9 Å². The molecule has 0 heterocycles. The molecule has 0 bridgehead atoms. The van der Waals surface area contributed by atoms with Crippen LogP contribution in [0.2, 0.25) is 0 Å². The summed E-state index contributed by atoms with van der Waals surface area (Å²) in [6, 6.07) is 24.0. The first-order valence-electron chi connectivity index (χ1n) is 16.3. The van der Waals surface area contributed by atoms with Crippen molar-refractivity contribution >= 4 is 15.4 Å². The van der Waals surface area contributed by atoms with Gasteiger partial charge in [0.2, 0.25) is 0 Å². The van der Waals surface area contributed by atoms with Crippen molar-refractivity contribution in [2.45, 2.75) is 56.0 Å². The van der Waals surface area contributed by atoms with E-state index < -0.39 is 21.3 Å². The molecule has 0 nitrogen and oxygen atoms in total. The Morgan fingerprint density at radius 2 is 1.10 bits per heavy atom. The van der Waals surface area contributed by atoms with Crippen molar-refractivity contribution in [2.75, 3.05) is 0 Å². The van der Waals surface area contributed by atoms with Gasteiger partial charge in [-0.15, -0.1) is 0 Å². The molecule has 0 radical (unpaired) electrons. The predicted octanol–water partition coefficient (Wildman–Crippen LogP) is 5.02. The summed E-state index contributed by atoms with van der Waals surface area (Å²) in [5.74, 6) is -0.186. The van der Waals surface area contributed by atoms with E-state index in [0.717, 1.165) is 11.1 Å². The number of allylic oxidation sites excluding steroid dienone is 6. The van der Waals surface area contributed by atoms with Crippen LogP contribution >= 0.6 is 0 Å². The maximum absolute atomic E-state index is 14.4. The van der Waals surface area contributed by atoms with Gasteiger partial charge in [0.1, 0.15) is 0 Å². The number of fused-ring (bicyclic) bond motifs is 5. The van der Waals surface area contributed by atoms with Gasteiger partial charge in [-0.25, -0.2) is 0 Å². The summed E-state index contributed by atoms with van der Waals surface area (Å²) in [6.07, 6.45) is 14.1. The molecule has 0 saturated heterocycles. The van der Waals surface area contributed by atoms with E-state index in [9.17, 15) is 8.78 Å². The minimum absolute atomic E-state index is 0. The Labute approximate surface area is 303 Å². The SMILES string of the molecule is CC1=CC(C)[C]([Zr+2](=[C](c2ccc(F)cc2)c2ccc(F)cc2)[CH]2c3cc4c(cc3-c3cc5c(cc32)C(C)(C)C=C5)C=CC4(C)C)=C1.[Cl-].[Cl-]. The Morgan fingerprint density at radius 1 is 0.667 bits per heavy atom. The first-order chi connectivity index (χ1) is 21.9. The summed E-state index contributed by atoms with van der Waals surface area (Å²) >= 11 is -3.09. The number of halogens is 4. The molecule has 0 saturated carbocycles. The number of benzene rings is 4. The molecule has 8 rings (SSSR count). The smallest absolute Gasteiger partial charge is 1.00 e. The van der Waals surface area contributed by atoms with Crippen LogP contribution in [0.3, 0.4) is 0 Å². The van der Waals surface area contributed by atoms with Crippen LogP contribution in [0.5, 0.6) is 0 Å². The molecule has 4 aliphatic rings. The molecule has 48 heavy (non-hydrogen) atoms. The predicted molar refractivity (Wildman–Crippen MR) is 185 cm³/mol. The molecule has 242 valence electrons. The van der Waals surface area contributed by atoms with Crippen LogP contribution < -0.4 is 24.8 Å². The van der Waals surface area contributed by atoms with Gasteiger partial charge in [0.15, 0.2) is 0 Å². The third kappa shape index (κ3) is 5.55. The fourth-order valence-electron chi connectivity index (χ4n) is 8.25. The summed E-state index contributed by atoms with van der Waals surface area (Å²) in [4.78, 5) is 0. The molecule has 0 spiro atoms. The van der Waals surface area contributed by atoms with E-state index in [2.05, 4.69) is 102 Å². The second kappa shape index (κ2) is 12.4. The van der Waals surface area contributed by atoms with Gasteiger partial charge in [-0.05, 0) is 0 Å². The summed E-state index contributed by atoms with van der Waals surface area (Å²) in [5.41, 5.74) is 14.2. The van der Waals surface area contributed by atoms with Crippen molar-refractivity contribution in [1.29, 1.82) is 0 Å². The van der Waals surface area contributed by atoms with Gasteiger partial charge in [-0.1, -0.05) is 0 Å². The van der Waals surface area contributed by atoms with Gasteiger partial charge >= 0.3 is 281 Å². The maximum Gasteiger partial charge on any atom is -1.00 e. The summed E-state index contributed by atoms with van der Waals surface area (Å²) in [5, 5.41) is 0. The van der Waals surface area contributed by atoms with Crippen LogP contribution in [0, 0.1) is 17.6 Å². The Morgan fingerprint density at radius 3 is 1.50 bits per heavy atom. The minimum atomic E-state index is -3.09. The fraction of sp³-hybridized carbons (Fsp3) is 0.233. The zero-order valence-electron chi connectivity index (χ0n) is 28.1. The Kier molecular flexibility index (Phi) is 9.02. The largest absolute Gasteiger partial charge is 1.00 e. The van der Waals surface area contributed by atoms with Crippen LogP contribution in [0.15, 0.2) is 106 Å². The van der Waals surface area contributed by atoms with Gasteiger partial charge in [0.25, 0.3) is 0 Å². The van der Waals surface area contributed by atoms with Crippen molar-refractivity contribution in [3.63, 3.8) is 0 Å². The van der Waals surface area contributed by atoms with Crippen LogP contribution in [0.4, 0.5) is 8.78 Å². The topological polar surface area (TPSA) is 0 Å². The second-order valence-corrected chi connectivity index (χ2v) is 20.8. The third-order valence-electron chi connectivity index (χ3n) is 10.6. The molecule has 4 aliphatic carbocycles. The molecule has 0 aliphatic heterocycles. The average molecular weight is 755 g/mol. The molecule has 5 heteroatoms. The van der Waals surface area contributed by atoms with Crippen molar-refractivity contribution in [3.8, 4) is 11.1 Å². The third-order valence-corrected chi connectivity index (χ3v) is 19.3. The van der Waals surface area contributed by atoms with E-state index in [0.29, 0.717) is 5.92 Å². The monoisotopic (exact) mass is 752 g/mol. The van der Waals surface area contributed by atoms with Crippen LogP contribution in [-0.4, -0.2) is 3.21 Å². The Bertz CT molecular complexity index is 2000. The molecule has 1 atom stereocenters. The molecule has 4 aromatic rings. The summed E-state index contributed by atoms with van der Waals surface area (Å²) in [6.45, 7) is 13.8. The Balaban J connectivity index is 0.00000201. The normalized spacial score (nSPS) is 18.4. The molecule has 0 fully saturated rings. The average Bonchev–Trinajstić information content (AvgIpc) is 3.71. The molecule has 1 unspecified atom stereocenters. The molecule has 4 aromatic carbocycles. The standard InChI is InChI=1S/C23H21.C13H8F2.C7H9.2ClH.Zr/c1-22(2)7-5-14-10-18-16(12-20(14)22)9-17-13-21-15(11-19(17)18)6-8-23(21,3)4;14-12-5-1-10(2-6-12)9-11-3-7-13(15)8-4-11;1-6-3-4-7(2)5-6;;;/h5-13H,1-4H3;1-8H;3,5,7H,1-2H3;2*1H;/q;;;;;+2/p-2. The summed E-state index contributed by atoms with van der Waals surface area (Å²) < 4.78 is 31.9. The maximum atomic E-state index is 14.4. The second-order valence-electron chi connectivity index (χ2n) is 14.7. The van der Waals surface area contributed by atoms with Gasteiger partial charge < -0.3 is 24.8 Å². The quantitative estimate of drug-likeness (QED) is 0.275. The van der Waals surface area contributed by atoms with Gasteiger partial charge in [-0.3, -0.25) is 0 Å². The number of rotatable bonds is 4. The van der Waals surface area contributed by atoms with E-state index in [1.54, 1.807) is 24.3 Å². The molecule has 0 amide bonds. The summed E-state index contributed by atoms with van der Waals surface area (Å²) in [7, 11) is 0. The van der Waals surface area contributed by atoms with E-state index in [-0.39, 0.29) is 50.9 Å².